The Bertz CT molecular complexity index is 412. The fourth-order valence-corrected chi connectivity index (χ4v) is 2.21. The molecule has 0 spiro atoms. The first-order chi connectivity index (χ1) is 8.84. The third-order valence-corrected chi connectivity index (χ3v) is 4.21. The van der Waals surface area contributed by atoms with E-state index >= 15 is 0 Å². The maximum atomic E-state index is 6.00. The number of nitrogens with one attached hydrogen (secondary N) is 1. The molecule has 104 valence electrons. The van der Waals surface area contributed by atoms with E-state index in [4.69, 9.17) is 9.31 Å². The summed E-state index contributed by atoms with van der Waals surface area (Å²) in [7, 11) is 1.83. The molecule has 1 aliphatic rings. The number of rotatable bonds is 4. The lowest BCUT2D eigenvalue weighted by Crippen LogP contribution is -2.41. The largest absolute Gasteiger partial charge is 0.458 e. The van der Waals surface area contributed by atoms with E-state index in [1.165, 1.54) is 5.56 Å². The molecule has 1 N–H and O–H groups in total. The van der Waals surface area contributed by atoms with Gasteiger partial charge in [-0.25, -0.2) is 0 Å². The number of benzene rings is 1. The smallest absolute Gasteiger partial charge is 0.403 e. The van der Waals surface area contributed by atoms with Gasteiger partial charge in [0.15, 0.2) is 0 Å². The molecule has 0 saturated carbocycles. The van der Waals surface area contributed by atoms with Crippen molar-refractivity contribution in [3.8, 4) is 0 Å². The van der Waals surface area contributed by atoms with Gasteiger partial charge in [-0.15, -0.1) is 0 Å². The predicted molar refractivity (Wildman–Crippen MR) is 80.6 cm³/mol. The molecule has 1 aliphatic heterocycles. The molecular formula is C15H24BNO2. The number of hydrogen-bond donors (Lipinski definition) is 1. The summed E-state index contributed by atoms with van der Waals surface area (Å²) in [6, 6.07) is 8.49. The lowest BCUT2D eigenvalue weighted by atomic mass is 9.81. The first-order valence-electron chi connectivity index (χ1n) is 6.96. The Morgan fingerprint density at radius 1 is 1.00 bits per heavy atom. The SMILES string of the molecule is CNc1ccc(CCB2OC(C)(C)C(C)(C)O2)cc1. The third kappa shape index (κ3) is 3.12. The second kappa shape index (κ2) is 5.18. The van der Waals surface area contributed by atoms with Crippen LogP contribution in [0.5, 0.6) is 0 Å². The van der Waals surface area contributed by atoms with Crippen LogP contribution in [0.15, 0.2) is 24.3 Å². The van der Waals surface area contributed by atoms with E-state index in [0.29, 0.717) is 0 Å². The van der Waals surface area contributed by atoms with Crippen LogP contribution in [0, 0.1) is 0 Å². The molecule has 3 nitrogen and oxygen atoms in total. The van der Waals surface area contributed by atoms with Gasteiger partial charge in [0.1, 0.15) is 0 Å². The number of aryl methyl sites for hydroxylation is 1. The summed E-state index contributed by atoms with van der Waals surface area (Å²) in [4.78, 5) is 0. The van der Waals surface area contributed by atoms with Crippen molar-refractivity contribution >= 4 is 12.8 Å². The minimum absolute atomic E-state index is 0.103. The fraction of sp³-hybridized carbons (Fsp3) is 0.600. The zero-order chi connectivity index (χ0) is 14.1. The maximum Gasteiger partial charge on any atom is 0.458 e. The average molecular weight is 261 g/mol. The molecule has 0 aliphatic carbocycles. The molecule has 0 aromatic heterocycles. The normalized spacial score (nSPS) is 20.6. The first kappa shape index (κ1) is 14.4. The Kier molecular flexibility index (Phi) is 3.93. The zero-order valence-corrected chi connectivity index (χ0v) is 12.6. The average Bonchev–Trinajstić information content (AvgIpc) is 2.56. The summed E-state index contributed by atoms with van der Waals surface area (Å²) in [5, 5.41) is 3.12. The highest BCUT2D eigenvalue weighted by Gasteiger charge is 2.50. The van der Waals surface area contributed by atoms with Crippen LogP contribution < -0.4 is 5.32 Å². The van der Waals surface area contributed by atoms with Gasteiger partial charge in [0, 0.05) is 12.7 Å². The standard InChI is InChI=1S/C15H24BNO2/c1-14(2)15(3,4)19-16(18-14)11-10-12-6-8-13(17-5)9-7-12/h6-9,17H,10-11H2,1-5H3. The molecule has 1 saturated heterocycles. The minimum Gasteiger partial charge on any atom is -0.403 e. The molecule has 1 fully saturated rings. The molecule has 0 bridgehead atoms. The predicted octanol–water partition coefficient (Wildman–Crippen LogP) is 3.36. The Morgan fingerprint density at radius 2 is 1.53 bits per heavy atom. The van der Waals surface area contributed by atoms with Crippen LogP contribution in [0.2, 0.25) is 6.32 Å². The Morgan fingerprint density at radius 3 is 2.00 bits per heavy atom. The van der Waals surface area contributed by atoms with Crippen LogP contribution in [0.3, 0.4) is 0 Å². The number of hydrogen-bond acceptors (Lipinski definition) is 3. The van der Waals surface area contributed by atoms with Crippen molar-refractivity contribution in [3.05, 3.63) is 29.8 Å². The summed E-state index contributed by atoms with van der Waals surface area (Å²) < 4.78 is 12.0. The molecule has 0 amide bonds. The van der Waals surface area contributed by atoms with Crippen LogP contribution in [0.1, 0.15) is 33.3 Å². The molecule has 19 heavy (non-hydrogen) atoms. The molecule has 0 unspecified atom stereocenters. The van der Waals surface area contributed by atoms with Gasteiger partial charge >= 0.3 is 7.12 Å². The van der Waals surface area contributed by atoms with Crippen molar-refractivity contribution in [2.45, 2.75) is 51.6 Å². The van der Waals surface area contributed by atoms with E-state index in [9.17, 15) is 0 Å². The van der Waals surface area contributed by atoms with Crippen molar-refractivity contribution in [3.63, 3.8) is 0 Å². The zero-order valence-electron chi connectivity index (χ0n) is 12.6. The van der Waals surface area contributed by atoms with E-state index in [2.05, 4.69) is 57.3 Å². The number of anilines is 1. The summed E-state index contributed by atoms with van der Waals surface area (Å²) in [5.74, 6) is 0. The van der Waals surface area contributed by atoms with Gasteiger partial charge in [-0.1, -0.05) is 12.1 Å². The van der Waals surface area contributed by atoms with Crippen LogP contribution in [-0.4, -0.2) is 25.4 Å². The van der Waals surface area contributed by atoms with Crippen LogP contribution in [0.4, 0.5) is 5.69 Å². The highest BCUT2D eigenvalue weighted by Crippen LogP contribution is 2.37. The molecule has 1 aromatic carbocycles. The summed E-state index contributed by atoms with van der Waals surface area (Å²) in [6.45, 7) is 8.37. The molecular weight excluding hydrogens is 237 g/mol. The molecule has 1 heterocycles. The van der Waals surface area contributed by atoms with Crippen molar-refractivity contribution in [1.29, 1.82) is 0 Å². The van der Waals surface area contributed by atoms with Gasteiger partial charge in [0.25, 0.3) is 0 Å². The van der Waals surface area contributed by atoms with Gasteiger partial charge in [0.2, 0.25) is 0 Å². The van der Waals surface area contributed by atoms with Crippen molar-refractivity contribution < 1.29 is 9.31 Å². The second-order valence-corrected chi connectivity index (χ2v) is 6.17. The summed E-state index contributed by atoms with van der Waals surface area (Å²) in [5.41, 5.74) is 1.99. The van der Waals surface area contributed by atoms with Crippen molar-refractivity contribution in [2.75, 3.05) is 12.4 Å². The molecule has 1 aromatic rings. The van der Waals surface area contributed by atoms with E-state index in [0.717, 1.165) is 18.4 Å². The second-order valence-electron chi connectivity index (χ2n) is 6.17. The Hall–Kier alpha value is -0.995. The molecule has 0 radical (unpaired) electrons. The Balaban J connectivity index is 1.90. The van der Waals surface area contributed by atoms with Gasteiger partial charge in [-0.05, 0) is 58.1 Å². The van der Waals surface area contributed by atoms with Gasteiger partial charge in [0.05, 0.1) is 11.2 Å². The highest BCUT2D eigenvalue weighted by molar-refractivity contribution is 6.45. The van der Waals surface area contributed by atoms with Crippen molar-refractivity contribution in [2.24, 2.45) is 0 Å². The molecule has 2 rings (SSSR count). The van der Waals surface area contributed by atoms with Gasteiger partial charge in [-0.2, -0.15) is 0 Å². The van der Waals surface area contributed by atoms with Crippen molar-refractivity contribution in [1.82, 2.24) is 0 Å². The van der Waals surface area contributed by atoms with E-state index in [1.807, 2.05) is 7.05 Å². The first-order valence-corrected chi connectivity index (χ1v) is 6.96. The van der Waals surface area contributed by atoms with Crippen LogP contribution >= 0.6 is 0 Å². The van der Waals surface area contributed by atoms with Crippen LogP contribution in [-0.2, 0) is 15.7 Å². The van der Waals surface area contributed by atoms with E-state index < -0.39 is 0 Å². The maximum absolute atomic E-state index is 6.00. The molecule has 0 atom stereocenters. The van der Waals surface area contributed by atoms with E-state index in [1.54, 1.807) is 0 Å². The highest BCUT2D eigenvalue weighted by atomic mass is 16.7. The monoisotopic (exact) mass is 261 g/mol. The summed E-state index contributed by atoms with van der Waals surface area (Å²) >= 11 is 0. The van der Waals surface area contributed by atoms with Gasteiger partial charge < -0.3 is 14.6 Å². The topological polar surface area (TPSA) is 30.5 Å². The Labute approximate surface area is 116 Å². The summed E-state index contributed by atoms with van der Waals surface area (Å²) in [6.07, 6.45) is 1.87. The third-order valence-electron chi connectivity index (χ3n) is 4.21. The fourth-order valence-electron chi connectivity index (χ4n) is 2.21. The van der Waals surface area contributed by atoms with Crippen LogP contribution in [0.25, 0.3) is 0 Å². The lowest BCUT2D eigenvalue weighted by Gasteiger charge is -2.32. The van der Waals surface area contributed by atoms with Gasteiger partial charge in [-0.3, -0.25) is 0 Å². The van der Waals surface area contributed by atoms with E-state index in [-0.39, 0.29) is 18.3 Å². The molecule has 4 heteroatoms. The minimum atomic E-state index is -0.229. The quantitative estimate of drug-likeness (QED) is 0.843. The lowest BCUT2D eigenvalue weighted by molar-refractivity contribution is 0.00578.